The predicted molar refractivity (Wildman–Crippen MR) is 118 cm³/mol. The van der Waals surface area contributed by atoms with Crippen molar-refractivity contribution >= 4 is 28.6 Å². The molecule has 6 heteroatoms. The van der Waals surface area contributed by atoms with Gasteiger partial charge in [0.2, 0.25) is 5.91 Å². The SMILES string of the molecule is Cc1cccc(-n2c(SCC(=O)NC3CCCC3)nc3ccccc3c2=O)c1C. The molecule has 1 aliphatic rings. The topological polar surface area (TPSA) is 64.0 Å². The van der Waals surface area contributed by atoms with Crippen LogP contribution in [0, 0.1) is 13.8 Å². The van der Waals surface area contributed by atoms with Crippen molar-refractivity contribution in [2.24, 2.45) is 0 Å². The van der Waals surface area contributed by atoms with Gasteiger partial charge in [-0.3, -0.25) is 14.2 Å². The Kier molecular flexibility index (Phi) is 5.72. The fraction of sp³-hybridized carbons (Fsp3) is 0.348. The Hall–Kier alpha value is -2.60. The Bertz CT molecular complexity index is 1120. The summed E-state index contributed by atoms with van der Waals surface area (Å²) in [6, 6.07) is 13.6. The first-order valence-corrected chi connectivity index (χ1v) is 11.0. The smallest absolute Gasteiger partial charge is 0.266 e. The predicted octanol–water partition coefficient (Wildman–Crippen LogP) is 4.15. The van der Waals surface area contributed by atoms with Gasteiger partial charge < -0.3 is 5.32 Å². The standard InChI is InChI=1S/C23H25N3O2S/c1-15-8-7-13-20(16(15)2)26-22(28)18-11-5-6-12-19(18)25-23(26)29-14-21(27)24-17-9-3-4-10-17/h5-8,11-13,17H,3-4,9-10,14H2,1-2H3,(H,24,27). The number of hydrogen-bond donors (Lipinski definition) is 1. The van der Waals surface area contributed by atoms with Crippen LogP contribution in [-0.2, 0) is 4.79 Å². The van der Waals surface area contributed by atoms with E-state index < -0.39 is 0 Å². The molecule has 3 aromatic rings. The summed E-state index contributed by atoms with van der Waals surface area (Å²) in [7, 11) is 0. The van der Waals surface area contributed by atoms with Crippen molar-refractivity contribution < 1.29 is 4.79 Å². The largest absolute Gasteiger partial charge is 0.353 e. The molecule has 1 fully saturated rings. The van der Waals surface area contributed by atoms with Gasteiger partial charge in [0.1, 0.15) is 0 Å². The van der Waals surface area contributed by atoms with Crippen LogP contribution in [0.15, 0.2) is 52.4 Å². The number of aromatic nitrogens is 2. The molecule has 0 radical (unpaired) electrons. The van der Waals surface area contributed by atoms with Crippen LogP contribution in [0.3, 0.4) is 0 Å². The normalized spacial score (nSPS) is 14.4. The van der Waals surface area contributed by atoms with E-state index in [2.05, 4.69) is 5.32 Å². The zero-order valence-corrected chi connectivity index (χ0v) is 17.6. The van der Waals surface area contributed by atoms with Crippen molar-refractivity contribution in [1.82, 2.24) is 14.9 Å². The first-order valence-electron chi connectivity index (χ1n) is 10.0. The van der Waals surface area contributed by atoms with E-state index in [9.17, 15) is 9.59 Å². The van der Waals surface area contributed by atoms with Crippen LogP contribution in [0.1, 0.15) is 36.8 Å². The fourth-order valence-electron chi connectivity index (χ4n) is 3.87. The molecule has 2 aromatic carbocycles. The number of thioether (sulfide) groups is 1. The number of para-hydroxylation sites is 1. The van der Waals surface area contributed by atoms with Gasteiger partial charge >= 0.3 is 0 Å². The van der Waals surface area contributed by atoms with E-state index in [0.717, 1.165) is 29.7 Å². The number of nitrogens with zero attached hydrogens (tertiary/aromatic N) is 2. The van der Waals surface area contributed by atoms with E-state index >= 15 is 0 Å². The molecule has 0 aliphatic heterocycles. The molecule has 0 atom stereocenters. The van der Waals surface area contributed by atoms with Crippen molar-refractivity contribution in [1.29, 1.82) is 0 Å². The van der Waals surface area contributed by atoms with Gasteiger partial charge in [-0.15, -0.1) is 0 Å². The molecule has 5 nitrogen and oxygen atoms in total. The second-order valence-electron chi connectivity index (χ2n) is 7.61. The Labute approximate surface area is 174 Å². The molecule has 150 valence electrons. The Balaban J connectivity index is 1.72. The van der Waals surface area contributed by atoms with Gasteiger partial charge in [-0.2, -0.15) is 0 Å². The lowest BCUT2D eigenvalue weighted by molar-refractivity contribution is -0.119. The zero-order chi connectivity index (χ0) is 20.4. The number of rotatable bonds is 5. The number of fused-ring (bicyclic) bond motifs is 1. The third kappa shape index (κ3) is 4.08. The van der Waals surface area contributed by atoms with Crippen LogP contribution in [0.25, 0.3) is 16.6 Å². The monoisotopic (exact) mass is 407 g/mol. The maximum absolute atomic E-state index is 13.3. The van der Waals surface area contributed by atoms with Crippen LogP contribution in [0.5, 0.6) is 0 Å². The summed E-state index contributed by atoms with van der Waals surface area (Å²) in [6.45, 7) is 4.04. The number of benzene rings is 2. The number of aryl methyl sites for hydroxylation is 1. The molecule has 4 rings (SSSR count). The Morgan fingerprint density at radius 2 is 1.90 bits per heavy atom. The third-order valence-corrected chi connectivity index (χ3v) is 6.55. The zero-order valence-electron chi connectivity index (χ0n) is 16.8. The highest BCUT2D eigenvalue weighted by Gasteiger charge is 2.19. The molecule has 1 saturated carbocycles. The minimum Gasteiger partial charge on any atom is -0.353 e. The maximum atomic E-state index is 13.3. The summed E-state index contributed by atoms with van der Waals surface area (Å²) >= 11 is 1.32. The third-order valence-electron chi connectivity index (χ3n) is 5.61. The second kappa shape index (κ2) is 8.41. The highest BCUT2D eigenvalue weighted by Crippen LogP contribution is 2.25. The lowest BCUT2D eigenvalue weighted by Crippen LogP contribution is -2.34. The molecular weight excluding hydrogens is 382 g/mol. The molecule has 1 aromatic heterocycles. The van der Waals surface area contributed by atoms with Gasteiger partial charge in [0, 0.05) is 6.04 Å². The van der Waals surface area contributed by atoms with Crippen LogP contribution in [-0.4, -0.2) is 27.3 Å². The maximum Gasteiger partial charge on any atom is 0.266 e. The van der Waals surface area contributed by atoms with Gasteiger partial charge in [-0.25, -0.2) is 4.98 Å². The minimum absolute atomic E-state index is 0.00294. The molecule has 1 N–H and O–H groups in total. The molecule has 0 unspecified atom stereocenters. The number of hydrogen-bond acceptors (Lipinski definition) is 4. The van der Waals surface area contributed by atoms with E-state index in [0.29, 0.717) is 16.1 Å². The summed E-state index contributed by atoms with van der Waals surface area (Å²) in [6.07, 6.45) is 4.46. The minimum atomic E-state index is -0.108. The summed E-state index contributed by atoms with van der Waals surface area (Å²) in [5.41, 5.74) is 3.49. The number of carbonyl (C=O) groups excluding carboxylic acids is 1. The molecule has 0 spiro atoms. The molecule has 1 amide bonds. The number of nitrogens with one attached hydrogen (secondary N) is 1. The Morgan fingerprint density at radius 3 is 2.69 bits per heavy atom. The summed E-state index contributed by atoms with van der Waals surface area (Å²) in [4.78, 5) is 30.5. The highest BCUT2D eigenvalue weighted by atomic mass is 32.2. The van der Waals surface area contributed by atoms with Crippen LogP contribution in [0.2, 0.25) is 0 Å². The fourth-order valence-corrected chi connectivity index (χ4v) is 4.69. The van der Waals surface area contributed by atoms with Crippen LogP contribution < -0.4 is 10.9 Å². The highest BCUT2D eigenvalue weighted by molar-refractivity contribution is 7.99. The van der Waals surface area contributed by atoms with Crippen molar-refractivity contribution in [2.75, 3.05) is 5.75 Å². The van der Waals surface area contributed by atoms with E-state index in [1.807, 2.05) is 50.2 Å². The first-order chi connectivity index (χ1) is 14.0. The van der Waals surface area contributed by atoms with E-state index in [1.54, 1.807) is 10.6 Å². The van der Waals surface area contributed by atoms with Gasteiger partial charge in [-0.05, 0) is 56.0 Å². The average Bonchev–Trinajstić information content (AvgIpc) is 3.22. The van der Waals surface area contributed by atoms with Crippen LogP contribution in [0.4, 0.5) is 0 Å². The molecule has 1 heterocycles. The molecular formula is C23H25N3O2S. The van der Waals surface area contributed by atoms with Gasteiger partial charge in [0.25, 0.3) is 5.56 Å². The molecule has 29 heavy (non-hydrogen) atoms. The lowest BCUT2D eigenvalue weighted by Gasteiger charge is -2.17. The molecule has 0 saturated heterocycles. The van der Waals surface area contributed by atoms with Crippen molar-refractivity contribution in [2.45, 2.75) is 50.7 Å². The molecule has 0 bridgehead atoms. The van der Waals surface area contributed by atoms with E-state index in [-0.39, 0.29) is 23.3 Å². The van der Waals surface area contributed by atoms with Gasteiger partial charge in [-0.1, -0.05) is 48.9 Å². The quantitative estimate of drug-likeness (QED) is 0.510. The average molecular weight is 408 g/mol. The number of carbonyl (C=O) groups is 1. The molecule has 1 aliphatic carbocycles. The van der Waals surface area contributed by atoms with Crippen molar-refractivity contribution in [3.8, 4) is 5.69 Å². The van der Waals surface area contributed by atoms with E-state index in [1.165, 1.54) is 24.6 Å². The van der Waals surface area contributed by atoms with Gasteiger partial charge in [0.05, 0.1) is 22.3 Å². The summed E-state index contributed by atoms with van der Waals surface area (Å²) in [5, 5.41) is 4.23. The number of amides is 1. The second-order valence-corrected chi connectivity index (χ2v) is 8.55. The van der Waals surface area contributed by atoms with E-state index in [4.69, 9.17) is 4.98 Å². The lowest BCUT2D eigenvalue weighted by atomic mass is 10.1. The van der Waals surface area contributed by atoms with Crippen molar-refractivity contribution in [3.05, 3.63) is 63.9 Å². The van der Waals surface area contributed by atoms with Crippen LogP contribution >= 0.6 is 11.8 Å². The van der Waals surface area contributed by atoms with Gasteiger partial charge in [0.15, 0.2) is 5.16 Å². The van der Waals surface area contributed by atoms with Crippen molar-refractivity contribution in [3.63, 3.8) is 0 Å². The first kappa shape index (κ1) is 19.7. The Morgan fingerprint density at radius 1 is 1.14 bits per heavy atom. The summed E-state index contributed by atoms with van der Waals surface area (Å²) in [5.74, 6) is 0.239. The summed E-state index contributed by atoms with van der Waals surface area (Å²) < 4.78 is 1.65.